The zero-order valence-corrected chi connectivity index (χ0v) is 15.1. The molecule has 2 atom stereocenters. The highest BCUT2D eigenvalue weighted by molar-refractivity contribution is 7.47. The maximum atomic E-state index is 11.8. The van der Waals surface area contributed by atoms with Gasteiger partial charge in [0.2, 0.25) is 0 Å². The van der Waals surface area contributed by atoms with Crippen molar-refractivity contribution in [3.63, 3.8) is 0 Å². The van der Waals surface area contributed by atoms with Gasteiger partial charge in [-0.25, -0.2) is 4.57 Å². The van der Waals surface area contributed by atoms with Crippen molar-refractivity contribution in [1.82, 2.24) is 14.8 Å². The number of nitrogens with zero attached hydrogens (tertiary/aromatic N) is 3. The molecule has 0 spiro atoms. The summed E-state index contributed by atoms with van der Waals surface area (Å²) in [5.41, 5.74) is 0.356. The van der Waals surface area contributed by atoms with E-state index < -0.39 is 13.9 Å². The van der Waals surface area contributed by atoms with E-state index in [9.17, 15) is 9.36 Å². The van der Waals surface area contributed by atoms with E-state index in [1.807, 2.05) is 28.2 Å². The fourth-order valence-corrected chi connectivity index (χ4v) is 2.71. The summed E-state index contributed by atoms with van der Waals surface area (Å²) in [7, 11) is 3.34. The van der Waals surface area contributed by atoms with E-state index in [0.29, 0.717) is 11.5 Å². The van der Waals surface area contributed by atoms with Crippen LogP contribution in [0.25, 0.3) is 0 Å². The molecule has 0 aromatic carbocycles. The number of carbonyl (C=O) groups is 1. The van der Waals surface area contributed by atoms with Crippen LogP contribution >= 0.6 is 7.82 Å². The van der Waals surface area contributed by atoms with E-state index in [1.165, 1.54) is 6.20 Å². The molecule has 2 heterocycles. The average Bonchev–Trinajstić information content (AvgIpc) is 2.53. The number of ketones is 1. The molecule has 9 nitrogen and oxygen atoms in total. The predicted molar refractivity (Wildman–Crippen MR) is 88.9 cm³/mol. The summed E-state index contributed by atoms with van der Waals surface area (Å²) in [6, 6.07) is 3.20. The van der Waals surface area contributed by atoms with Crippen molar-refractivity contribution in [2.24, 2.45) is 0 Å². The van der Waals surface area contributed by atoms with Crippen molar-refractivity contribution in [1.29, 1.82) is 5.41 Å². The van der Waals surface area contributed by atoms with Crippen molar-refractivity contribution in [3.05, 3.63) is 30.1 Å². The molecule has 0 aliphatic carbocycles. The van der Waals surface area contributed by atoms with Gasteiger partial charge < -0.3 is 14.7 Å². The Kier molecular flexibility index (Phi) is 7.50. The fourth-order valence-electron chi connectivity index (χ4n) is 1.79. The lowest BCUT2D eigenvalue weighted by Crippen LogP contribution is -2.34. The van der Waals surface area contributed by atoms with Gasteiger partial charge in [-0.05, 0) is 12.1 Å². The van der Waals surface area contributed by atoms with E-state index in [2.05, 4.69) is 9.51 Å². The van der Waals surface area contributed by atoms with Crippen LogP contribution in [0.15, 0.2) is 24.5 Å². The number of phosphoric acid groups is 1. The van der Waals surface area contributed by atoms with E-state index in [-0.39, 0.29) is 18.8 Å². The molecule has 1 aromatic rings. The molecular weight excluding hydrogens is 335 g/mol. The average molecular weight is 358 g/mol. The summed E-state index contributed by atoms with van der Waals surface area (Å²) >= 11 is 0. The van der Waals surface area contributed by atoms with E-state index >= 15 is 0 Å². The Morgan fingerprint density at radius 1 is 1.38 bits per heavy atom. The number of guanidine groups is 1. The molecule has 1 fully saturated rings. The molecule has 1 aliphatic rings. The Labute approximate surface area is 141 Å². The summed E-state index contributed by atoms with van der Waals surface area (Å²) in [5.74, 6) is 0.163. The van der Waals surface area contributed by atoms with Gasteiger partial charge in [0.15, 0.2) is 11.7 Å². The SMILES string of the molecule is CN(C)C(=N)N(C)C.O=C(c1cccnc1)C1CCOP(=O)(O)O1. The third-order valence-corrected chi connectivity index (χ3v) is 4.01. The van der Waals surface area contributed by atoms with Crippen molar-refractivity contribution < 1.29 is 23.3 Å². The van der Waals surface area contributed by atoms with E-state index in [0.717, 1.165) is 0 Å². The zero-order chi connectivity index (χ0) is 18.3. The number of pyridine rings is 1. The molecule has 2 rings (SSSR count). The lowest BCUT2D eigenvalue weighted by molar-refractivity contribution is 0.0388. The largest absolute Gasteiger partial charge is 0.472 e. The van der Waals surface area contributed by atoms with Crippen molar-refractivity contribution in [2.75, 3.05) is 34.8 Å². The third-order valence-electron chi connectivity index (χ3n) is 2.98. The van der Waals surface area contributed by atoms with Crippen LogP contribution in [-0.2, 0) is 13.6 Å². The van der Waals surface area contributed by atoms with Gasteiger partial charge in [0.05, 0.1) is 6.61 Å². The first-order valence-corrected chi connectivity index (χ1v) is 8.67. The van der Waals surface area contributed by atoms with Crippen molar-refractivity contribution in [2.45, 2.75) is 12.5 Å². The van der Waals surface area contributed by atoms with E-state index in [1.54, 1.807) is 28.1 Å². The number of rotatable bonds is 2. The number of Topliss-reactive ketones (excluding diaryl/α,β-unsaturated/α-hetero) is 1. The number of nitrogens with one attached hydrogen (secondary N) is 1. The summed E-state index contributed by atoms with van der Waals surface area (Å²) < 4.78 is 20.3. The molecular formula is C14H23N4O5P. The normalized spacial score (nSPS) is 22.8. The lowest BCUT2D eigenvalue weighted by Gasteiger charge is -2.24. The summed E-state index contributed by atoms with van der Waals surface area (Å²) in [5, 5.41) is 7.25. The van der Waals surface area contributed by atoms with Crippen LogP contribution in [0.4, 0.5) is 0 Å². The number of hydrogen-bond acceptors (Lipinski definition) is 6. The second kappa shape index (κ2) is 8.89. The Bertz CT molecular complexity index is 598. The minimum atomic E-state index is -4.06. The highest BCUT2D eigenvalue weighted by Gasteiger charge is 2.35. The first-order chi connectivity index (χ1) is 11.1. The molecule has 0 saturated carbocycles. The molecule has 10 heteroatoms. The molecule has 0 bridgehead atoms. The second-order valence-electron chi connectivity index (χ2n) is 5.40. The first-order valence-electron chi connectivity index (χ1n) is 7.17. The maximum absolute atomic E-state index is 11.8. The second-order valence-corrected chi connectivity index (χ2v) is 6.81. The number of phosphoric ester groups is 1. The van der Waals surface area contributed by atoms with Gasteiger partial charge in [-0.2, -0.15) is 0 Å². The number of aromatic nitrogens is 1. The van der Waals surface area contributed by atoms with Crippen LogP contribution in [0.5, 0.6) is 0 Å². The van der Waals surface area contributed by atoms with Gasteiger partial charge in [-0.1, -0.05) is 0 Å². The molecule has 2 N–H and O–H groups in total. The molecule has 134 valence electrons. The Morgan fingerprint density at radius 2 is 2.00 bits per heavy atom. The Balaban J connectivity index is 0.000000307. The fraction of sp³-hybridized carbons (Fsp3) is 0.500. The van der Waals surface area contributed by atoms with Gasteiger partial charge in [-0.15, -0.1) is 0 Å². The van der Waals surface area contributed by atoms with Crippen LogP contribution in [0.2, 0.25) is 0 Å². The van der Waals surface area contributed by atoms with Gasteiger partial charge in [-0.3, -0.25) is 24.2 Å². The Morgan fingerprint density at radius 3 is 2.42 bits per heavy atom. The number of hydrogen-bond donors (Lipinski definition) is 2. The van der Waals surface area contributed by atoms with Crippen molar-refractivity contribution >= 4 is 19.6 Å². The van der Waals surface area contributed by atoms with Crippen molar-refractivity contribution in [3.8, 4) is 0 Å². The smallest absolute Gasteiger partial charge is 0.349 e. The molecule has 0 amide bonds. The summed E-state index contributed by atoms with van der Waals surface area (Å²) in [6.07, 6.45) is 2.26. The molecule has 1 aromatic heterocycles. The zero-order valence-electron chi connectivity index (χ0n) is 14.2. The van der Waals surface area contributed by atoms with Crippen LogP contribution in [0.3, 0.4) is 0 Å². The summed E-state index contributed by atoms with van der Waals surface area (Å²) in [6.45, 7) is 0.0322. The predicted octanol–water partition coefficient (Wildman–Crippen LogP) is 1.21. The molecule has 2 unspecified atom stereocenters. The van der Waals surface area contributed by atoms with E-state index in [4.69, 9.17) is 14.8 Å². The molecule has 24 heavy (non-hydrogen) atoms. The van der Waals surface area contributed by atoms with Crippen LogP contribution in [-0.4, -0.2) is 72.3 Å². The van der Waals surface area contributed by atoms with Gasteiger partial charge in [0, 0.05) is 52.6 Å². The van der Waals surface area contributed by atoms with Crippen LogP contribution < -0.4 is 0 Å². The highest BCUT2D eigenvalue weighted by Crippen LogP contribution is 2.48. The first kappa shape index (κ1) is 20.2. The van der Waals surface area contributed by atoms with Gasteiger partial charge in [0.25, 0.3) is 0 Å². The molecule has 1 saturated heterocycles. The third kappa shape index (κ3) is 6.37. The quantitative estimate of drug-likeness (QED) is 0.351. The van der Waals surface area contributed by atoms with Gasteiger partial charge in [0.1, 0.15) is 6.10 Å². The molecule has 1 aliphatic heterocycles. The highest BCUT2D eigenvalue weighted by atomic mass is 31.2. The topological polar surface area (TPSA) is 116 Å². The van der Waals surface area contributed by atoms with Crippen LogP contribution in [0, 0.1) is 5.41 Å². The maximum Gasteiger partial charge on any atom is 0.472 e. The minimum Gasteiger partial charge on any atom is -0.349 e. The monoisotopic (exact) mass is 358 g/mol. The lowest BCUT2D eigenvalue weighted by atomic mass is 10.1. The summed E-state index contributed by atoms with van der Waals surface area (Å²) in [4.78, 5) is 28.2. The Hall–Kier alpha value is -1.80. The standard InChI is InChI=1S/C9H10NO5P.C5H13N3/c11-9(7-2-1-4-10-6-7)8-3-5-14-16(12,13)15-8;1-7(2)5(6)8(3)4/h1-2,4,6,8H,3,5H2,(H,12,13);6H,1-4H3. The number of carbonyl (C=O) groups excluding carboxylic acids is 1. The minimum absolute atomic E-state index is 0.0322. The van der Waals surface area contributed by atoms with Crippen LogP contribution in [0.1, 0.15) is 16.8 Å². The van der Waals surface area contributed by atoms with Gasteiger partial charge >= 0.3 is 7.82 Å². The molecule has 0 radical (unpaired) electrons.